The summed E-state index contributed by atoms with van der Waals surface area (Å²) in [5, 5.41) is 6.79. The highest BCUT2D eigenvalue weighted by Crippen LogP contribution is 2.16. The first-order chi connectivity index (χ1) is 9.69. The number of methoxy groups -OCH3 is 1. The number of amides is 1. The lowest BCUT2D eigenvalue weighted by molar-refractivity contribution is -0.116. The van der Waals surface area contributed by atoms with Gasteiger partial charge in [0.05, 0.1) is 31.6 Å². The first kappa shape index (κ1) is 14.4. The number of hydrogen-bond donors (Lipinski definition) is 1. The largest absolute Gasteiger partial charge is 0.482 e. The smallest absolute Gasteiger partial charge is 0.296 e. The van der Waals surface area contributed by atoms with E-state index in [2.05, 4.69) is 22.3 Å². The average molecular weight is 279 g/mol. The molecule has 7 nitrogen and oxygen atoms in total. The number of hydrogen-bond acceptors (Lipinski definition) is 5. The van der Waals surface area contributed by atoms with Crippen LogP contribution in [-0.4, -0.2) is 54.8 Å². The Kier molecular flexibility index (Phi) is 4.98. The summed E-state index contributed by atoms with van der Waals surface area (Å²) in [6.45, 7) is 1.05. The van der Waals surface area contributed by atoms with Crippen molar-refractivity contribution in [2.45, 2.75) is 12.1 Å². The standard InChI is InChI=1S/C13H17N3O4/c1-16-7-10(6-14-16)20-12-9-19-8-11(12)15-13(17)4-3-5-18-2/h6-7,11-12H,5,8-9H2,1-2H3,(H,15,17)/t11-,12+/m0/s1. The number of nitrogens with one attached hydrogen (secondary N) is 1. The summed E-state index contributed by atoms with van der Waals surface area (Å²) in [7, 11) is 3.33. The molecule has 20 heavy (non-hydrogen) atoms. The second-order valence-electron chi connectivity index (χ2n) is 4.36. The predicted molar refractivity (Wildman–Crippen MR) is 70.0 cm³/mol. The normalized spacial score (nSPS) is 21.1. The molecule has 2 heterocycles. The fraction of sp³-hybridized carbons (Fsp3) is 0.538. The third-order valence-electron chi connectivity index (χ3n) is 2.73. The maximum Gasteiger partial charge on any atom is 0.296 e. The molecule has 7 heteroatoms. The van der Waals surface area contributed by atoms with Crippen LogP contribution in [0.1, 0.15) is 0 Å². The van der Waals surface area contributed by atoms with Crippen LogP contribution in [0.25, 0.3) is 0 Å². The highest BCUT2D eigenvalue weighted by Gasteiger charge is 2.31. The molecular weight excluding hydrogens is 262 g/mol. The maximum absolute atomic E-state index is 11.6. The van der Waals surface area contributed by atoms with Gasteiger partial charge in [-0.15, -0.1) is 0 Å². The summed E-state index contributed by atoms with van der Waals surface area (Å²) in [4.78, 5) is 11.6. The fourth-order valence-corrected chi connectivity index (χ4v) is 1.81. The van der Waals surface area contributed by atoms with E-state index in [1.807, 2.05) is 7.05 Å². The number of aryl methyl sites for hydroxylation is 1. The summed E-state index contributed by atoms with van der Waals surface area (Å²) in [6.07, 6.45) is 3.14. The van der Waals surface area contributed by atoms with E-state index in [4.69, 9.17) is 14.2 Å². The Morgan fingerprint density at radius 3 is 3.20 bits per heavy atom. The molecular formula is C13H17N3O4. The number of ether oxygens (including phenoxy) is 3. The van der Waals surface area contributed by atoms with Gasteiger partial charge in [0.15, 0.2) is 5.75 Å². The molecule has 0 aliphatic carbocycles. The fourth-order valence-electron chi connectivity index (χ4n) is 1.81. The van der Waals surface area contributed by atoms with Crippen molar-refractivity contribution in [2.75, 3.05) is 26.9 Å². The second-order valence-corrected chi connectivity index (χ2v) is 4.36. The van der Waals surface area contributed by atoms with Crippen molar-refractivity contribution in [3.63, 3.8) is 0 Å². The molecule has 1 aromatic rings. The van der Waals surface area contributed by atoms with Gasteiger partial charge >= 0.3 is 0 Å². The highest BCUT2D eigenvalue weighted by molar-refractivity contribution is 5.93. The van der Waals surface area contributed by atoms with Gasteiger partial charge in [-0.3, -0.25) is 9.48 Å². The van der Waals surface area contributed by atoms with Gasteiger partial charge in [-0.25, -0.2) is 0 Å². The van der Waals surface area contributed by atoms with Crippen molar-refractivity contribution < 1.29 is 19.0 Å². The predicted octanol–water partition coefficient (Wildman–Crippen LogP) is -0.668. The summed E-state index contributed by atoms with van der Waals surface area (Å²) in [5.41, 5.74) is 0. The number of aromatic nitrogens is 2. The van der Waals surface area contributed by atoms with E-state index >= 15 is 0 Å². The molecule has 0 radical (unpaired) electrons. The van der Waals surface area contributed by atoms with Crippen LogP contribution in [0.15, 0.2) is 12.4 Å². The van der Waals surface area contributed by atoms with E-state index in [0.717, 1.165) is 0 Å². The van der Waals surface area contributed by atoms with Crippen LogP contribution < -0.4 is 10.1 Å². The van der Waals surface area contributed by atoms with Crippen LogP contribution in [-0.2, 0) is 21.3 Å². The molecule has 0 unspecified atom stereocenters. The molecule has 0 saturated carbocycles. The molecule has 0 bridgehead atoms. The molecule has 1 aromatic heterocycles. The molecule has 108 valence electrons. The molecule has 1 aliphatic rings. The molecule has 2 rings (SSSR count). The zero-order chi connectivity index (χ0) is 14.4. The van der Waals surface area contributed by atoms with Crippen molar-refractivity contribution in [3.05, 3.63) is 12.4 Å². The quantitative estimate of drug-likeness (QED) is 0.740. The van der Waals surface area contributed by atoms with Gasteiger partial charge in [0.2, 0.25) is 0 Å². The van der Waals surface area contributed by atoms with Gasteiger partial charge in [0.1, 0.15) is 12.7 Å². The Labute approximate surface area is 117 Å². The Hall–Kier alpha value is -2.04. The van der Waals surface area contributed by atoms with Gasteiger partial charge in [-0.1, -0.05) is 5.92 Å². The molecule has 1 amide bonds. The lowest BCUT2D eigenvalue weighted by Gasteiger charge is -2.18. The van der Waals surface area contributed by atoms with Gasteiger partial charge in [-0.05, 0) is 5.92 Å². The lowest BCUT2D eigenvalue weighted by atomic mass is 10.2. The maximum atomic E-state index is 11.6. The Morgan fingerprint density at radius 2 is 2.50 bits per heavy atom. The van der Waals surface area contributed by atoms with E-state index in [1.54, 1.807) is 17.1 Å². The average Bonchev–Trinajstić information content (AvgIpc) is 3.00. The van der Waals surface area contributed by atoms with Crippen LogP contribution in [0.4, 0.5) is 0 Å². The van der Waals surface area contributed by atoms with Crippen LogP contribution in [0.5, 0.6) is 5.75 Å². The minimum Gasteiger partial charge on any atom is -0.482 e. The lowest BCUT2D eigenvalue weighted by Crippen LogP contribution is -2.44. The van der Waals surface area contributed by atoms with E-state index in [-0.39, 0.29) is 24.7 Å². The monoisotopic (exact) mass is 279 g/mol. The Balaban J connectivity index is 1.87. The zero-order valence-electron chi connectivity index (χ0n) is 11.5. The number of carbonyl (C=O) groups excluding carboxylic acids is 1. The summed E-state index contributed by atoms with van der Waals surface area (Å²) < 4.78 is 17.5. The summed E-state index contributed by atoms with van der Waals surface area (Å²) in [6, 6.07) is -0.223. The van der Waals surface area contributed by atoms with Gasteiger partial charge in [-0.2, -0.15) is 5.10 Å². The molecule has 0 spiro atoms. The van der Waals surface area contributed by atoms with E-state index < -0.39 is 0 Å². The van der Waals surface area contributed by atoms with Gasteiger partial charge in [0, 0.05) is 14.2 Å². The minimum atomic E-state index is -0.364. The Bertz CT molecular complexity index is 517. The van der Waals surface area contributed by atoms with Crippen molar-refractivity contribution in [1.82, 2.24) is 15.1 Å². The third-order valence-corrected chi connectivity index (χ3v) is 2.73. The van der Waals surface area contributed by atoms with Crippen LogP contribution in [0, 0.1) is 11.8 Å². The molecule has 1 saturated heterocycles. The van der Waals surface area contributed by atoms with E-state index in [0.29, 0.717) is 19.0 Å². The van der Waals surface area contributed by atoms with Gasteiger partial charge < -0.3 is 19.5 Å². The van der Waals surface area contributed by atoms with Gasteiger partial charge in [0.25, 0.3) is 5.91 Å². The molecule has 2 atom stereocenters. The highest BCUT2D eigenvalue weighted by atomic mass is 16.5. The van der Waals surface area contributed by atoms with Crippen molar-refractivity contribution in [1.29, 1.82) is 0 Å². The minimum absolute atomic E-state index is 0.223. The van der Waals surface area contributed by atoms with Crippen LogP contribution in [0.2, 0.25) is 0 Å². The summed E-state index contributed by atoms with van der Waals surface area (Å²) >= 11 is 0. The summed E-state index contributed by atoms with van der Waals surface area (Å²) in [5.74, 6) is 5.33. The van der Waals surface area contributed by atoms with Crippen LogP contribution in [0.3, 0.4) is 0 Å². The number of nitrogens with zero attached hydrogens (tertiary/aromatic N) is 2. The molecule has 1 aliphatic heterocycles. The van der Waals surface area contributed by atoms with Crippen molar-refractivity contribution in [2.24, 2.45) is 7.05 Å². The third kappa shape index (κ3) is 3.98. The van der Waals surface area contributed by atoms with Crippen LogP contribution >= 0.6 is 0 Å². The van der Waals surface area contributed by atoms with Crippen molar-refractivity contribution >= 4 is 5.91 Å². The van der Waals surface area contributed by atoms with Crippen molar-refractivity contribution in [3.8, 4) is 17.6 Å². The molecule has 1 fully saturated rings. The molecule has 0 aromatic carbocycles. The second kappa shape index (κ2) is 6.93. The first-order valence-electron chi connectivity index (χ1n) is 6.20. The zero-order valence-corrected chi connectivity index (χ0v) is 11.5. The number of carbonyl (C=O) groups is 1. The first-order valence-corrected chi connectivity index (χ1v) is 6.20. The van der Waals surface area contributed by atoms with E-state index in [1.165, 1.54) is 7.11 Å². The number of rotatable bonds is 4. The SMILES string of the molecule is COCC#CC(=O)N[C@H]1COC[C@H]1Oc1cnn(C)c1. The van der Waals surface area contributed by atoms with E-state index in [9.17, 15) is 4.79 Å². The topological polar surface area (TPSA) is 74.6 Å². The Morgan fingerprint density at radius 1 is 1.65 bits per heavy atom. The molecule has 1 N–H and O–H groups in total.